The lowest BCUT2D eigenvalue weighted by Gasteiger charge is -2.28. The molecule has 3 aromatic heterocycles. The number of fused-ring (bicyclic) bond motifs is 1. The van der Waals surface area contributed by atoms with Gasteiger partial charge in [0.05, 0.1) is 20.8 Å². The van der Waals surface area contributed by atoms with E-state index in [1.165, 1.54) is 15.6 Å². The molecule has 1 amide bonds. The number of carbonyl (C=O) groups is 1. The summed E-state index contributed by atoms with van der Waals surface area (Å²) >= 11 is 2.45. The molecule has 1 fully saturated rings. The third kappa shape index (κ3) is 4.45. The third-order valence-electron chi connectivity index (χ3n) is 6.01. The van der Waals surface area contributed by atoms with Crippen LogP contribution >= 0.6 is 22.7 Å². The molecule has 4 aromatic rings. The van der Waals surface area contributed by atoms with Crippen LogP contribution in [0.25, 0.3) is 10.2 Å². The predicted molar refractivity (Wildman–Crippen MR) is 139 cm³/mol. The van der Waals surface area contributed by atoms with E-state index in [1.807, 2.05) is 6.07 Å². The van der Waals surface area contributed by atoms with Crippen molar-refractivity contribution in [1.29, 1.82) is 0 Å². The highest BCUT2D eigenvalue weighted by atomic mass is 32.2. The molecule has 1 unspecified atom stereocenters. The number of carbonyl (C=O) groups excluding carboxylic acids is 1. The molecule has 1 atom stereocenters. The van der Waals surface area contributed by atoms with Gasteiger partial charge in [-0.15, -0.1) is 11.3 Å². The number of sulfonamides is 1. The first kappa shape index (κ1) is 24.6. The zero-order valence-corrected chi connectivity index (χ0v) is 22.1. The minimum atomic E-state index is -3.79. The minimum absolute atomic E-state index is 0.195. The molecule has 1 aliphatic rings. The van der Waals surface area contributed by atoms with Crippen LogP contribution in [-0.2, 0) is 21.4 Å². The Bertz CT molecular complexity index is 1430. The lowest BCUT2D eigenvalue weighted by molar-refractivity contribution is -0.121. The third-order valence-corrected chi connectivity index (χ3v) is 10.4. The first-order valence-corrected chi connectivity index (χ1v) is 14.3. The van der Waals surface area contributed by atoms with Crippen molar-refractivity contribution < 1.29 is 22.7 Å². The Labute approximate surface area is 217 Å². The van der Waals surface area contributed by atoms with Crippen molar-refractivity contribution in [2.75, 3.05) is 25.7 Å². The van der Waals surface area contributed by atoms with Gasteiger partial charge < -0.3 is 9.47 Å². The summed E-state index contributed by atoms with van der Waals surface area (Å²) in [6, 6.07) is 9.67. The van der Waals surface area contributed by atoms with Crippen molar-refractivity contribution in [1.82, 2.24) is 14.3 Å². The number of thiazole rings is 1. The van der Waals surface area contributed by atoms with Gasteiger partial charge in [-0.25, -0.2) is 13.4 Å². The molecule has 12 heteroatoms. The standard InChI is InChI=1S/C24H24N4O5S3/c1-32-18-9-10-19(33-2)22-21(18)26-24(35-22)27(15-16-6-3-11-25-14-16)23(29)17-7-4-12-28(17)36(30,31)20-8-5-13-34-20/h3,5-6,8-11,13-14,17H,4,7,12,15H2,1-2H3. The minimum Gasteiger partial charge on any atom is -0.495 e. The number of anilines is 1. The molecule has 9 nitrogen and oxygen atoms in total. The Balaban J connectivity index is 1.58. The number of hydrogen-bond donors (Lipinski definition) is 0. The molecule has 1 aliphatic heterocycles. The lowest BCUT2D eigenvalue weighted by atomic mass is 10.2. The van der Waals surface area contributed by atoms with Gasteiger partial charge in [0.1, 0.15) is 32.0 Å². The predicted octanol–water partition coefficient (Wildman–Crippen LogP) is 4.16. The van der Waals surface area contributed by atoms with Crippen molar-refractivity contribution >= 4 is 54.0 Å². The van der Waals surface area contributed by atoms with Crippen molar-refractivity contribution in [3.05, 3.63) is 59.7 Å². The highest BCUT2D eigenvalue weighted by Gasteiger charge is 2.42. The maximum absolute atomic E-state index is 14.1. The number of pyridine rings is 1. The molecule has 0 bridgehead atoms. The second kappa shape index (κ2) is 10.1. The molecule has 0 spiro atoms. The molecule has 1 saturated heterocycles. The van der Waals surface area contributed by atoms with Gasteiger partial charge >= 0.3 is 0 Å². The zero-order chi connectivity index (χ0) is 25.3. The Morgan fingerprint density at radius 2 is 1.97 bits per heavy atom. The van der Waals surface area contributed by atoms with E-state index in [0.717, 1.165) is 21.6 Å². The van der Waals surface area contributed by atoms with Crippen molar-refractivity contribution in [3.63, 3.8) is 0 Å². The normalized spacial score (nSPS) is 16.3. The van der Waals surface area contributed by atoms with Crippen molar-refractivity contribution in [2.45, 2.75) is 29.6 Å². The summed E-state index contributed by atoms with van der Waals surface area (Å²) in [7, 11) is -0.654. The number of aromatic nitrogens is 2. The number of nitrogens with zero attached hydrogens (tertiary/aromatic N) is 4. The second-order valence-corrected chi connectivity index (χ2v) is 12.2. The van der Waals surface area contributed by atoms with Crippen LogP contribution in [0.2, 0.25) is 0 Å². The summed E-state index contributed by atoms with van der Waals surface area (Å²) in [5.41, 5.74) is 1.38. The first-order valence-electron chi connectivity index (χ1n) is 11.2. The monoisotopic (exact) mass is 544 g/mol. The Morgan fingerprint density at radius 1 is 1.17 bits per heavy atom. The highest BCUT2D eigenvalue weighted by Crippen LogP contribution is 2.41. The van der Waals surface area contributed by atoms with Gasteiger partial charge in [-0.3, -0.25) is 14.7 Å². The Kier molecular flexibility index (Phi) is 6.93. The number of amides is 1. The van der Waals surface area contributed by atoms with Gasteiger partial charge in [-0.05, 0) is 48.1 Å². The number of rotatable bonds is 8. The molecule has 0 saturated carbocycles. The van der Waals surface area contributed by atoms with E-state index in [2.05, 4.69) is 4.98 Å². The average Bonchev–Trinajstić information content (AvgIpc) is 3.67. The van der Waals surface area contributed by atoms with E-state index >= 15 is 0 Å². The summed E-state index contributed by atoms with van der Waals surface area (Å²) in [6.07, 6.45) is 4.38. The molecular formula is C24H24N4O5S3. The van der Waals surface area contributed by atoms with Crippen LogP contribution in [0.1, 0.15) is 18.4 Å². The highest BCUT2D eigenvalue weighted by molar-refractivity contribution is 7.91. The van der Waals surface area contributed by atoms with Crippen LogP contribution in [0.5, 0.6) is 11.5 Å². The van der Waals surface area contributed by atoms with Crippen LogP contribution in [0.3, 0.4) is 0 Å². The van der Waals surface area contributed by atoms with Crippen LogP contribution in [0.15, 0.2) is 58.4 Å². The molecule has 0 N–H and O–H groups in total. The van der Waals surface area contributed by atoms with Gasteiger partial charge in [0, 0.05) is 18.9 Å². The van der Waals surface area contributed by atoms with Crippen molar-refractivity contribution in [3.8, 4) is 11.5 Å². The SMILES string of the molecule is COc1ccc(OC)c2sc(N(Cc3cccnc3)C(=O)C3CCCN3S(=O)(=O)c3cccs3)nc12. The maximum atomic E-state index is 14.1. The molecule has 1 aromatic carbocycles. The van der Waals surface area contributed by atoms with Gasteiger partial charge in [0.25, 0.3) is 10.0 Å². The average molecular weight is 545 g/mol. The largest absolute Gasteiger partial charge is 0.495 e. The van der Waals surface area contributed by atoms with Crippen LogP contribution in [-0.4, -0.2) is 55.4 Å². The van der Waals surface area contributed by atoms with E-state index in [-0.39, 0.29) is 16.7 Å². The molecular weight excluding hydrogens is 520 g/mol. The molecule has 36 heavy (non-hydrogen) atoms. The molecule has 0 aliphatic carbocycles. The summed E-state index contributed by atoms with van der Waals surface area (Å²) in [5, 5.41) is 2.15. The fourth-order valence-electron chi connectivity index (χ4n) is 4.28. The first-order chi connectivity index (χ1) is 17.4. The van der Waals surface area contributed by atoms with E-state index in [9.17, 15) is 13.2 Å². The van der Waals surface area contributed by atoms with Gasteiger partial charge in [-0.2, -0.15) is 4.31 Å². The van der Waals surface area contributed by atoms with E-state index in [0.29, 0.717) is 41.5 Å². The van der Waals surface area contributed by atoms with Gasteiger partial charge in [-0.1, -0.05) is 23.5 Å². The van der Waals surface area contributed by atoms with E-state index < -0.39 is 16.1 Å². The van der Waals surface area contributed by atoms with Gasteiger partial charge in [0.15, 0.2) is 5.13 Å². The zero-order valence-electron chi connectivity index (χ0n) is 19.7. The number of hydrogen-bond acceptors (Lipinski definition) is 9. The van der Waals surface area contributed by atoms with Crippen LogP contribution in [0.4, 0.5) is 5.13 Å². The smallest absolute Gasteiger partial charge is 0.253 e. The molecule has 0 radical (unpaired) electrons. The number of ether oxygens (including phenoxy) is 2. The Hall–Kier alpha value is -3.06. The van der Waals surface area contributed by atoms with Crippen LogP contribution < -0.4 is 14.4 Å². The second-order valence-electron chi connectivity index (χ2n) is 8.14. The summed E-state index contributed by atoms with van der Waals surface area (Å²) in [5.74, 6) is 0.851. The number of thiophene rings is 1. The quantitative estimate of drug-likeness (QED) is 0.328. The fourth-order valence-corrected chi connectivity index (χ4v) is 8.13. The van der Waals surface area contributed by atoms with Crippen LogP contribution in [0, 0.1) is 0 Å². The number of methoxy groups -OCH3 is 2. The maximum Gasteiger partial charge on any atom is 0.253 e. The van der Waals surface area contributed by atoms with Crippen molar-refractivity contribution in [2.24, 2.45) is 0 Å². The summed E-state index contributed by atoms with van der Waals surface area (Å²) < 4.78 is 40.0. The molecule has 5 rings (SSSR count). The molecule has 188 valence electrons. The Morgan fingerprint density at radius 3 is 2.67 bits per heavy atom. The van der Waals surface area contributed by atoms with E-state index in [4.69, 9.17) is 14.5 Å². The lowest BCUT2D eigenvalue weighted by Crippen LogP contribution is -2.47. The van der Waals surface area contributed by atoms with E-state index in [1.54, 1.807) is 67.2 Å². The number of benzene rings is 1. The summed E-state index contributed by atoms with van der Waals surface area (Å²) in [4.78, 5) is 24.5. The molecule has 4 heterocycles. The topological polar surface area (TPSA) is 102 Å². The van der Waals surface area contributed by atoms with Gasteiger partial charge in [0.2, 0.25) is 5.91 Å². The fraction of sp³-hybridized carbons (Fsp3) is 0.292. The summed E-state index contributed by atoms with van der Waals surface area (Å²) in [6.45, 7) is 0.485.